The van der Waals surface area contributed by atoms with Gasteiger partial charge in [0.2, 0.25) is 0 Å². The van der Waals surface area contributed by atoms with Gasteiger partial charge in [0.15, 0.2) is 11.5 Å². The van der Waals surface area contributed by atoms with Crippen LogP contribution in [-0.2, 0) is 14.3 Å². The Balaban J connectivity index is 2.25. The van der Waals surface area contributed by atoms with E-state index in [1.807, 2.05) is 12.1 Å². The summed E-state index contributed by atoms with van der Waals surface area (Å²) in [6.07, 6.45) is 1.15. The van der Waals surface area contributed by atoms with Crippen molar-refractivity contribution in [3.8, 4) is 11.5 Å². The van der Waals surface area contributed by atoms with E-state index in [0.717, 1.165) is 11.3 Å². The summed E-state index contributed by atoms with van der Waals surface area (Å²) in [6, 6.07) is 5.53. The van der Waals surface area contributed by atoms with Crippen molar-refractivity contribution in [1.82, 2.24) is 0 Å². The highest BCUT2D eigenvalue weighted by Crippen LogP contribution is 2.50. The second kappa shape index (κ2) is 8.01. The van der Waals surface area contributed by atoms with Gasteiger partial charge < -0.3 is 14.2 Å². The quantitative estimate of drug-likeness (QED) is 0.698. The molecule has 0 amide bonds. The number of fused-ring (bicyclic) bond motifs is 1. The molecule has 156 valence electrons. The topological polar surface area (TPSA) is 74.2 Å². The minimum Gasteiger partial charge on any atom is -0.493 e. The second-order valence-corrected chi connectivity index (χ2v) is 8.34. The first-order valence-electron chi connectivity index (χ1n) is 9.93. The Morgan fingerprint density at radius 3 is 2.52 bits per heavy atom. The molecule has 6 nitrogen and oxygen atoms in total. The lowest BCUT2D eigenvalue weighted by Gasteiger charge is -2.41. The number of carbonyl (C=O) groups excluding carboxylic acids is 2. The van der Waals surface area contributed by atoms with Gasteiger partial charge in [0, 0.05) is 29.3 Å². The zero-order valence-electron chi connectivity index (χ0n) is 18.0. The molecule has 0 spiro atoms. The highest BCUT2D eigenvalue weighted by Gasteiger charge is 2.48. The minimum atomic E-state index is -0.518. The molecule has 1 saturated carbocycles. The van der Waals surface area contributed by atoms with Crippen molar-refractivity contribution < 1.29 is 23.8 Å². The Bertz CT molecular complexity index is 897. The first kappa shape index (κ1) is 21.1. The monoisotopic (exact) mass is 399 g/mol. The van der Waals surface area contributed by atoms with Gasteiger partial charge in [-0.15, -0.1) is 0 Å². The van der Waals surface area contributed by atoms with E-state index in [-0.39, 0.29) is 17.8 Å². The molecule has 3 rings (SSSR count). The molecule has 1 aliphatic heterocycles. The number of para-hydroxylation sites is 1. The summed E-state index contributed by atoms with van der Waals surface area (Å²) in [6.45, 7) is 7.97. The Hall–Kier alpha value is -2.63. The number of rotatable bonds is 5. The van der Waals surface area contributed by atoms with E-state index in [2.05, 4.69) is 13.8 Å². The molecule has 1 aromatic carbocycles. The van der Waals surface area contributed by atoms with Crippen LogP contribution in [0.2, 0.25) is 0 Å². The van der Waals surface area contributed by atoms with Crippen molar-refractivity contribution in [2.24, 2.45) is 16.3 Å². The summed E-state index contributed by atoms with van der Waals surface area (Å²) in [7, 11) is 3.13. The number of Topliss-reactive ketones (excluding diaryl/α,β-unsaturated/α-hetero) is 1. The van der Waals surface area contributed by atoms with E-state index < -0.39 is 17.8 Å². The number of methoxy groups -OCH3 is 2. The lowest BCUT2D eigenvalue weighted by Crippen LogP contribution is -2.44. The average molecular weight is 399 g/mol. The largest absolute Gasteiger partial charge is 0.493 e. The number of allylic oxidation sites excluding steroid dienone is 1. The molecule has 1 fully saturated rings. The minimum absolute atomic E-state index is 0.0872. The lowest BCUT2D eigenvalue weighted by molar-refractivity contribution is -0.139. The van der Waals surface area contributed by atoms with E-state index in [0.29, 0.717) is 35.6 Å². The Kier molecular flexibility index (Phi) is 5.82. The molecule has 2 atom stereocenters. The maximum absolute atomic E-state index is 13.3. The maximum atomic E-state index is 13.3. The van der Waals surface area contributed by atoms with Gasteiger partial charge in [-0.05, 0) is 31.7 Å². The van der Waals surface area contributed by atoms with Crippen molar-refractivity contribution >= 4 is 17.5 Å². The van der Waals surface area contributed by atoms with Gasteiger partial charge in [-0.3, -0.25) is 9.79 Å². The predicted octanol–water partition coefficient (Wildman–Crippen LogP) is 4.08. The van der Waals surface area contributed by atoms with Crippen LogP contribution < -0.4 is 9.47 Å². The van der Waals surface area contributed by atoms with Crippen molar-refractivity contribution in [2.75, 3.05) is 20.8 Å². The Labute approximate surface area is 171 Å². The molecule has 0 aromatic heterocycles. The van der Waals surface area contributed by atoms with Crippen molar-refractivity contribution in [2.45, 2.75) is 46.5 Å². The van der Waals surface area contributed by atoms with Crippen LogP contribution in [0.3, 0.4) is 0 Å². The summed E-state index contributed by atoms with van der Waals surface area (Å²) in [5, 5.41) is 0. The highest BCUT2D eigenvalue weighted by atomic mass is 16.5. The van der Waals surface area contributed by atoms with Crippen LogP contribution in [0.1, 0.15) is 52.0 Å². The first-order valence-corrected chi connectivity index (χ1v) is 9.93. The third kappa shape index (κ3) is 3.80. The average Bonchev–Trinajstić information content (AvgIpc) is 2.65. The molecule has 0 bridgehead atoms. The fourth-order valence-corrected chi connectivity index (χ4v) is 4.56. The Morgan fingerprint density at radius 1 is 1.17 bits per heavy atom. The summed E-state index contributed by atoms with van der Waals surface area (Å²) in [5.74, 6) is -0.307. The van der Waals surface area contributed by atoms with Crippen molar-refractivity contribution in [3.05, 3.63) is 35.0 Å². The molecule has 29 heavy (non-hydrogen) atoms. The number of nitrogens with zero attached hydrogens (tertiary/aromatic N) is 1. The van der Waals surface area contributed by atoms with Gasteiger partial charge in [0.25, 0.3) is 0 Å². The molecular formula is C23H29NO5. The standard InChI is InChI=1S/C23H29NO5/c1-7-29-22(26)18-13(2)24-15-11-23(3,4)12-16(25)20(15)19(18)14-9-8-10-17(27-5)21(14)28-6/h8-10,19-20H,7,11-12H2,1-6H3. The third-order valence-electron chi connectivity index (χ3n) is 5.63. The molecular weight excluding hydrogens is 370 g/mol. The number of esters is 1. The van der Waals surface area contributed by atoms with E-state index in [1.54, 1.807) is 34.1 Å². The van der Waals surface area contributed by atoms with Crippen molar-refractivity contribution in [1.29, 1.82) is 0 Å². The zero-order valence-corrected chi connectivity index (χ0v) is 18.0. The van der Waals surface area contributed by atoms with Crippen LogP contribution in [0.4, 0.5) is 0 Å². The SMILES string of the molecule is CCOC(=O)C1=C(C)N=C2CC(C)(C)CC(=O)C2C1c1cccc(OC)c1OC. The van der Waals surface area contributed by atoms with E-state index in [1.165, 1.54) is 0 Å². The van der Waals surface area contributed by atoms with Crippen LogP contribution in [0.25, 0.3) is 0 Å². The van der Waals surface area contributed by atoms with Crippen LogP contribution in [0, 0.1) is 11.3 Å². The van der Waals surface area contributed by atoms with E-state index >= 15 is 0 Å². The normalized spacial score (nSPS) is 23.2. The zero-order chi connectivity index (χ0) is 21.3. The molecule has 1 aliphatic carbocycles. The number of carbonyl (C=O) groups is 2. The smallest absolute Gasteiger partial charge is 0.336 e. The van der Waals surface area contributed by atoms with E-state index in [9.17, 15) is 9.59 Å². The fraction of sp³-hybridized carbons (Fsp3) is 0.522. The summed E-state index contributed by atoms with van der Waals surface area (Å²) < 4.78 is 16.5. The lowest BCUT2D eigenvalue weighted by atomic mass is 9.63. The van der Waals surface area contributed by atoms with E-state index in [4.69, 9.17) is 19.2 Å². The van der Waals surface area contributed by atoms with Crippen LogP contribution >= 0.6 is 0 Å². The fourth-order valence-electron chi connectivity index (χ4n) is 4.56. The first-order chi connectivity index (χ1) is 13.7. The summed E-state index contributed by atoms with van der Waals surface area (Å²) >= 11 is 0. The second-order valence-electron chi connectivity index (χ2n) is 8.34. The van der Waals surface area contributed by atoms with Crippen LogP contribution in [0.15, 0.2) is 34.5 Å². The van der Waals surface area contributed by atoms with Crippen LogP contribution in [0.5, 0.6) is 11.5 Å². The van der Waals surface area contributed by atoms with Gasteiger partial charge >= 0.3 is 5.97 Å². The summed E-state index contributed by atoms with van der Waals surface area (Å²) in [5.41, 5.74) is 2.42. The molecule has 1 heterocycles. The highest BCUT2D eigenvalue weighted by molar-refractivity contribution is 6.12. The molecule has 0 N–H and O–H groups in total. The van der Waals surface area contributed by atoms with Gasteiger partial charge in [0.1, 0.15) is 5.78 Å². The van der Waals surface area contributed by atoms with Crippen molar-refractivity contribution in [3.63, 3.8) is 0 Å². The number of ether oxygens (including phenoxy) is 3. The van der Waals surface area contributed by atoms with Gasteiger partial charge in [-0.25, -0.2) is 4.79 Å². The molecule has 2 aliphatic rings. The number of hydrogen-bond acceptors (Lipinski definition) is 6. The van der Waals surface area contributed by atoms with Gasteiger partial charge in [-0.2, -0.15) is 0 Å². The molecule has 2 unspecified atom stereocenters. The molecule has 1 aromatic rings. The number of aliphatic imine (C=N–C) groups is 1. The third-order valence-corrected chi connectivity index (χ3v) is 5.63. The van der Waals surface area contributed by atoms with Crippen LogP contribution in [-0.4, -0.2) is 38.3 Å². The molecule has 6 heteroatoms. The maximum Gasteiger partial charge on any atom is 0.336 e. The number of ketones is 1. The van der Waals surface area contributed by atoms with Gasteiger partial charge in [-0.1, -0.05) is 26.0 Å². The number of hydrogen-bond donors (Lipinski definition) is 0. The summed E-state index contributed by atoms with van der Waals surface area (Å²) in [4.78, 5) is 30.9. The Morgan fingerprint density at radius 2 is 1.90 bits per heavy atom. The van der Waals surface area contributed by atoms with Gasteiger partial charge in [0.05, 0.1) is 32.3 Å². The molecule has 0 saturated heterocycles. The molecule has 0 radical (unpaired) electrons. The predicted molar refractivity (Wildman–Crippen MR) is 111 cm³/mol. The number of benzene rings is 1.